The van der Waals surface area contributed by atoms with Gasteiger partial charge in [0.15, 0.2) is 11.9 Å². The highest BCUT2D eigenvalue weighted by Crippen LogP contribution is 2.51. The number of nitrogens with zero attached hydrogens (tertiary/aromatic N) is 5. The molecule has 0 saturated heterocycles. The second kappa shape index (κ2) is 6.61. The number of amides is 2. The van der Waals surface area contributed by atoms with Gasteiger partial charge in [-0.15, -0.1) is 10.2 Å². The number of benzene rings is 1. The van der Waals surface area contributed by atoms with E-state index in [4.69, 9.17) is 4.74 Å². The molecule has 0 N–H and O–H groups in total. The summed E-state index contributed by atoms with van der Waals surface area (Å²) in [6.07, 6.45) is 1.56. The van der Waals surface area contributed by atoms with E-state index in [1.807, 2.05) is 35.8 Å². The molecule has 0 radical (unpaired) electrons. The second-order valence-corrected chi connectivity index (χ2v) is 7.70. The predicted octanol–water partition coefficient (Wildman–Crippen LogP) is 1.30. The number of likely N-dealkylation sites (N-methyl/N-ethyl adjacent to an activating group) is 1. The Bertz CT molecular complexity index is 914. The van der Waals surface area contributed by atoms with Crippen molar-refractivity contribution in [3.63, 3.8) is 0 Å². The van der Waals surface area contributed by atoms with Gasteiger partial charge in [0.2, 0.25) is 5.91 Å². The zero-order valence-electron chi connectivity index (χ0n) is 16.7. The molecule has 2 aromatic rings. The van der Waals surface area contributed by atoms with E-state index in [1.54, 1.807) is 26.1 Å². The molecule has 1 aliphatic heterocycles. The third-order valence-corrected chi connectivity index (χ3v) is 5.82. The second-order valence-electron chi connectivity index (χ2n) is 7.70. The normalized spacial score (nSPS) is 19.7. The van der Waals surface area contributed by atoms with E-state index < -0.39 is 11.5 Å². The van der Waals surface area contributed by atoms with Crippen molar-refractivity contribution in [3.8, 4) is 5.75 Å². The molecule has 1 aromatic carbocycles. The van der Waals surface area contributed by atoms with Crippen LogP contribution in [0, 0.1) is 6.92 Å². The lowest BCUT2D eigenvalue weighted by molar-refractivity contribution is -0.148. The smallest absolute Gasteiger partial charge is 0.252 e. The zero-order chi connectivity index (χ0) is 20.1. The average molecular weight is 383 g/mol. The molecule has 1 saturated carbocycles. The third-order valence-electron chi connectivity index (χ3n) is 5.82. The van der Waals surface area contributed by atoms with E-state index in [9.17, 15) is 9.59 Å². The molecule has 1 fully saturated rings. The van der Waals surface area contributed by atoms with Crippen molar-refractivity contribution in [3.05, 3.63) is 41.5 Å². The molecular formula is C20H25N5O3. The van der Waals surface area contributed by atoms with Gasteiger partial charge in [-0.05, 0) is 37.5 Å². The quantitative estimate of drug-likeness (QED) is 0.795. The van der Waals surface area contributed by atoms with Crippen LogP contribution in [0.3, 0.4) is 0 Å². The summed E-state index contributed by atoms with van der Waals surface area (Å²) >= 11 is 0. The number of carbonyl (C=O) groups excluding carboxylic acids is 2. The Morgan fingerprint density at radius 3 is 2.39 bits per heavy atom. The molecular weight excluding hydrogens is 358 g/mol. The van der Waals surface area contributed by atoms with Crippen molar-refractivity contribution in [2.45, 2.75) is 37.8 Å². The molecule has 8 nitrogen and oxygen atoms in total. The fraction of sp³-hybridized carbons (Fsp3) is 0.500. The van der Waals surface area contributed by atoms with E-state index in [0.717, 1.165) is 30.0 Å². The Kier molecular flexibility index (Phi) is 4.36. The van der Waals surface area contributed by atoms with Crippen molar-refractivity contribution >= 4 is 11.8 Å². The number of fused-ring (bicyclic) bond motifs is 1. The molecule has 1 atom stereocenters. The molecule has 8 heteroatoms. The summed E-state index contributed by atoms with van der Waals surface area (Å²) in [5.74, 6) is 1.89. The summed E-state index contributed by atoms with van der Waals surface area (Å²) in [7, 11) is 5.02. The molecule has 1 aromatic heterocycles. The first kappa shape index (κ1) is 18.5. The number of rotatable bonds is 4. The summed E-state index contributed by atoms with van der Waals surface area (Å²) in [5, 5.41) is 8.36. The first-order chi connectivity index (χ1) is 13.4. The van der Waals surface area contributed by atoms with Crippen LogP contribution >= 0.6 is 0 Å². The fourth-order valence-corrected chi connectivity index (χ4v) is 4.00. The Balaban J connectivity index is 1.70. The van der Waals surface area contributed by atoms with Gasteiger partial charge < -0.3 is 19.1 Å². The van der Waals surface area contributed by atoms with Crippen LogP contribution in [-0.2, 0) is 21.5 Å². The number of aromatic nitrogens is 3. The van der Waals surface area contributed by atoms with Gasteiger partial charge in [0.1, 0.15) is 11.6 Å². The number of methoxy groups -OCH3 is 1. The van der Waals surface area contributed by atoms with Gasteiger partial charge in [0.05, 0.1) is 12.5 Å². The maximum Gasteiger partial charge on any atom is 0.252 e. The molecule has 1 aliphatic carbocycles. The maximum atomic E-state index is 13.7. The maximum absolute atomic E-state index is 13.7. The molecule has 2 heterocycles. The van der Waals surface area contributed by atoms with Gasteiger partial charge in [-0.25, -0.2) is 0 Å². The summed E-state index contributed by atoms with van der Waals surface area (Å²) in [4.78, 5) is 29.9. The van der Waals surface area contributed by atoms with Gasteiger partial charge >= 0.3 is 0 Å². The summed E-state index contributed by atoms with van der Waals surface area (Å²) < 4.78 is 7.17. The molecule has 1 unspecified atom stereocenters. The highest BCUT2D eigenvalue weighted by atomic mass is 16.5. The summed E-state index contributed by atoms with van der Waals surface area (Å²) in [5.41, 5.74) is 0.409. The van der Waals surface area contributed by atoms with Crippen molar-refractivity contribution in [1.82, 2.24) is 24.6 Å². The van der Waals surface area contributed by atoms with Crippen LogP contribution in [0.4, 0.5) is 0 Å². The van der Waals surface area contributed by atoms with Crippen LogP contribution in [0.5, 0.6) is 5.75 Å². The van der Waals surface area contributed by atoms with Gasteiger partial charge in [0.25, 0.3) is 5.91 Å². The fourth-order valence-electron chi connectivity index (χ4n) is 4.00. The predicted molar refractivity (Wildman–Crippen MR) is 102 cm³/mol. The topological polar surface area (TPSA) is 80.6 Å². The molecule has 4 rings (SSSR count). The standard InChI is InChI=1S/C20H25N5O3/c1-13-21-22-17-16(18(26)23(2)3)25(12-11-24(13)17)19(27)20(9-10-20)14-5-7-15(28-4)8-6-14/h5-8,16H,9-12H2,1-4H3. The molecule has 2 aliphatic rings. The van der Waals surface area contributed by atoms with Gasteiger partial charge in [-0.3, -0.25) is 9.59 Å². The van der Waals surface area contributed by atoms with Gasteiger partial charge in [0, 0.05) is 27.2 Å². The number of aryl methyl sites for hydroxylation is 1. The number of hydrogen-bond donors (Lipinski definition) is 0. The number of ether oxygens (including phenoxy) is 1. The van der Waals surface area contributed by atoms with Crippen LogP contribution in [0.1, 0.15) is 36.1 Å². The summed E-state index contributed by atoms with van der Waals surface area (Å²) in [6.45, 7) is 2.92. The highest BCUT2D eigenvalue weighted by molar-refractivity contribution is 5.95. The molecule has 0 bridgehead atoms. The minimum absolute atomic E-state index is 0.00947. The third kappa shape index (κ3) is 2.75. The van der Waals surface area contributed by atoms with Crippen LogP contribution in [0.15, 0.2) is 24.3 Å². The monoisotopic (exact) mass is 383 g/mol. The van der Waals surface area contributed by atoms with Crippen LogP contribution in [0.25, 0.3) is 0 Å². The van der Waals surface area contributed by atoms with Crippen molar-refractivity contribution in [2.75, 3.05) is 27.7 Å². The lowest BCUT2D eigenvalue weighted by Gasteiger charge is -2.38. The minimum Gasteiger partial charge on any atom is -0.497 e. The number of carbonyl (C=O) groups is 2. The van der Waals surface area contributed by atoms with E-state index in [2.05, 4.69) is 10.2 Å². The van der Waals surface area contributed by atoms with Gasteiger partial charge in [-0.2, -0.15) is 0 Å². The van der Waals surface area contributed by atoms with E-state index in [1.165, 1.54) is 4.90 Å². The van der Waals surface area contributed by atoms with Crippen molar-refractivity contribution < 1.29 is 14.3 Å². The van der Waals surface area contributed by atoms with Crippen LogP contribution in [-0.4, -0.2) is 64.1 Å². The lowest BCUT2D eigenvalue weighted by atomic mass is 9.93. The van der Waals surface area contributed by atoms with Crippen molar-refractivity contribution in [2.24, 2.45) is 0 Å². The number of hydrogen-bond acceptors (Lipinski definition) is 5. The lowest BCUT2D eigenvalue weighted by Crippen LogP contribution is -2.51. The largest absolute Gasteiger partial charge is 0.497 e. The Morgan fingerprint density at radius 1 is 1.14 bits per heavy atom. The Hall–Kier alpha value is -2.90. The highest BCUT2D eigenvalue weighted by Gasteiger charge is 2.55. The average Bonchev–Trinajstić information content (AvgIpc) is 3.44. The Labute approximate surface area is 164 Å². The SMILES string of the molecule is COc1ccc(C2(C(=O)N3CCn4c(C)nnc4C3C(=O)N(C)C)CC2)cc1. The molecule has 0 spiro atoms. The first-order valence-electron chi connectivity index (χ1n) is 9.45. The minimum atomic E-state index is -0.742. The first-order valence-corrected chi connectivity index (χ1v) is 9.45. The molecule has 2 amide bonds. The van der Waals surface area contributed by atoms with E-state index >= 15 is 0 Å². The summed E-state index contributed by atoms with van der Waals surface area (Å²) in [6, 6.07) is 6.91. The molecule has 28 heavy (non-hydrogen) atoms. The molecule has 148 valence electrons. The van der Waals surface area contributed by atoms with E-state index in [0.29, 0.717) is 18.9 Å². The van der Waals surface area contributed by atoms with Crippen LogP contribution < -0.4 is 4.74 Å². The zero-order valence-corrected chi connectivity index (χ0v) is 16.7. The van der Waals surface area contributed by atoms with Crippen LogP contribution in [0.2, 0.25) is 0 Å². The van der Waals surface area contributed by atoms with Gasteiger partial charge in [-0.1, -0.05) is 12.1 Å². The Morgan fingerprint density at radius 2 is 1.82 bits per heavy atom. The van der Waals surface area contributed by atoms with Crippen molar-refractivity contribution in [1.29, 1.82) is 0 Å². The van der Waals surface area contributed by atoms with E-state index in [-0.39, 0.29) is 11.8 Å².